The molecule has 2 aliphatic heterocycles. The number of benzene rings is 1. The van der Waals surface area contributed by atoms with E-state index in [1.165, 1.54) is 0 Å². The van der Waals surface area contributed by atoms with Crippen LogP contribution in [0.4, 0.5) is 10.5 Å². The monoisotopic (exact) mass is 538 g/mol. The molecule has 5 heterocycles. The van der Waals surface area contributed by atoms with E-state index >= 15 is 0 Å². The van der Waals surface area contributed by atoms with E-state index in [1.807, 2.05) is 51.5 Å². The van der Waals surface area contributed by atoms with Crippen LogP contribution in [0.15, 0.2) is 61.2 Å². The van der Waals surface area contributed by atoms with Crippen molar-refractivity contribution in [1.29, 1.82) is 0 Å². The van der Waals surface area contributed by atoms with E-state index in [4.69, 9.17) is 14.5 Å². The zero-order valence-corrected chi connectivity index (χ0v) is 23.3. The number of carbonyl (C=O) groups is 1. The largest absolute Gasteiger partial charge is 0.489 e. The molecule has 0 radical (unpaired) electrons. The molecule has 6 rings (SSSR count). The highest BCUT2D eigenvalue weighted by Crippen LogP contribution is 2.35. The molecule has 9 heteroatoms. The number of nitrogens with zero attached hydrogens (tertiary/aromatic N) is 5. The van der Waals surface area contributed by atoms with Crippen LogP contribution in [0.3, 0.4) is 0 Å². The molecule has 1 atom stereocenters. The molecule has 1 aromatic carbocycles. The maximum atomic E-state index is 12.3. The summed E-state index contributed by atoms with van der Waals surface area (Å²) < 4.78 is 13.4. The standard InChI is InChI=1S/C31H34N6O3/c1-20-8-10-25-24(6-5-7-28(25)35-20)26-18-34-37-19-21(16-33-29(26)37)27-11-9-23(17-32-27)39-22-12-14-36(15-13-22)30(38)40-31(2,3)4/h5-11,16-20,22,35H,12-15H2,1-4H3. The molecule has 1 amide bonds. The van der Waals surface area contributed by atoms with Gasteiger partial charge in [-0.15, -0.1) is 0 Å². The summed E-state index contributed by atoms with van der Waals surface area (Å²) in [5, 5.41) is 8.11. The Kier molecular flexibility index (Phi) is 6.65. The third-order valence-corrected chi connectivity index (χ3v) is 7.12. The van der Waals surface area contributed by atoms with Crippen LogP contribution in [0.5, 0.6) is 5.75 Å². The Balaban J connectivity index is 1.13. The van der Waals surface area contributed by atoms with Gasteiger partial charge in [0.1, 0.15) is 17.5 Å². The first kappa shape index (κ1) is 25.9. The molecule has 3 aromatic heterocycles. The molecule has 1 N–H and O–H groups in total. The Hall–Kier alpha value is -4.40. The van der Waals surface area contributed by atoms with Gasteiger partial charge in [-0.2, -0.15) is 5.10 Å². The minimum Gasteiger partial charge on any atom is -0.489 e. The van der Waals surface area contributed by atoms with Gasteiger partial charge in [-0.05, 0) is 51.5 Å². The number of piperidine rings is 1. The Morgan fingerprint density at radius 1 is 1.02 bits per heavy atom. The first-order valence-corrected chi connectivity index (χ1v) is 13.8. The highest BCUT2D eigenvalue weighted by Gasteiger charge is 2.27. The van der Waals surface area contributed by atoms with Crippen molar-refractivity contribution < 1.29 is 14.3 Å². The van der Waals surface area contributed by atoms with Crippen molar-refractivity contribution in [2.75, 3.05) is 18.4 Å². The van der Waals surface area contributed by atoms with Crippen molar-refractivity contribution in [2.45, 2.75) is 58.3 Å². The SMILES string of the molecule is CC1C=Cc2c(cccc2-c2cnn3cc(-c4ccc(OC5CCN(C(=O)OC(C)(C)C)CC5)cn4)cnc23)N1. The summed E-state index contributed by atoms with van der Waals surface area (Å²) in [4.78, 5) is 23.4. The minimum absolute atomic E-state index is 0.0313. The number of nitrogens with one attached hydrogen (secondary N) is 1. The molecular weight excluding hydrogens is 504 g/mol. The van der Waals surface area contributed by atoms with Crippen LogP contribution in [-0.4, -0.2) is 61.4 Å². The maximum Gasteiger partial charge on any atom is 0.410 e. The van der Waals surface area contributed by atoms with E-state index in [2.05, 4.69) is 52.7 Å². The third kappa shape index (κ3) is 5.36. The Morgan fingerprint density at radius 2 is 1.85 bits per heavy atom. The van der Waals surface area contributed by atoms with Crippen LogP contribution in [0, 0.1) is 0 Å². The van der Waals surface area contributed by atoms with Gasteiger partial charge in [0.2, 0.25) is 0 Å². The molecular formula is C31H34N6O3. The van der Waals surface area contributed by atoms with E-state index < -0.39 is 5.60 Å². The second-order valence-electron chi connectivity index (χ2n) is 11.4. The topological polar surface area (TPSA) is 93.9 Å². The number of hydrogen-bond acceptors (Lipinski definition) is 7. The van der Waals surface area contributed by atoms with Gasteiger partial charge in [-0.1, -0.05) is 24.3 Å². The van der Waals surface area contributed by atoms with Gasteiger partial charge in [0.15, 0.2) is 5.65 Å². The van der Waals surface area contributed by atoms with Crippen LogP contribution >= 0.6 is 0 Å². The van der Waals surface area contributed by atoms with Crippen LogP contribution in [0.25, 0.3) is 34.1 Å². The summed E-state index contributed by atoms with van der Waals surface area (Å²) in [7, 11) is 0. The summed E-state index contributed by atoms with van der Waals surface area (Å²) in [6.07, 6.45) is 13.0. The van der Waals surface area contributed by atoms with Gasteiger partial charge in [0, 0.05) is 66.7 Å². The third-order valence-electron chi connectivity index (χ3n) is 7.12. The van der Waals surface area contributed by atoms with E-state index in [1.54, 1.807) is 15.6 Å². The van der Waals surface area contributed by atoms with E-state index in [0.29, 0.717) is 24.9 Å². The maximum absolute atomic E-state index is 12.3. The second-order valence-corrected chi connectivity index (χ2v) is 11.4. The lowest BCUT2D eigenvalue weighted by atomic mass is 9.96. The van der Waals surface area contributed by atoms with Gasteiger partial charge in [0.25, 0.3) is 0 Å². The van der Waals surface area contributed by atoms with E-state index in [9.17, 15) is 4.79 Å². The number of fused-ring (bicyclic) bond motifs is 2. The lowest BCUT2D eigenvalue weighted by molar-refractivity contribution is 0.0126. The number of aromatic nitrogens is 4. The first-order chi connectivity index (χ1) is 19.2. The second kappa shape index (κ2) is 10.3. The molecule has 0 bridgehead atoms. The van der Waals surface area contributed by atoms with Crippen molar-refractivity contribution in [3.8, 4) is 28.1 Å². The normalized spacial score (nSPS) is 17.4. The van der Waals surface area contributed by atoms with Crippen molar-refractivity contribution in [3.05, 3.63) is 66.8 Å². The van der Waals surface area contributed by atoms with Crippen molar-refractivity contribution in [2.24, 2.45) is 0 Å². The lowest BCUT2D eigenvalue weighted by Crippen LogP contribution is -2.44. The van der Waals surface area contributed by atoms with Crippen molar-refractivity contribution in [1.82, 2.24) is 24.5 Å². The number of likely N-dealkylation sites (tertiary alicyclic amines) is 1. The minimum atomic E-state index is -0.493. The zero-order chi connectivity index (χ0) is 27.9. The Labute approximate surface area is 233 Å². The number of hydrogen-bond donors (Lipinski definition) is 1. The Morgan fingerprint density at radius 3 is 2.60 bits per heavy atom. The predicted molar refractivity (Wildman–Crippen MR) is 155 cm³/mol. The van der Waals surface area contributed by atoms with Gasteiger partial charge in [-0.25, -0.2) is 14.3 Å². The van der Waals surface area contributed by atoms with Gasteiger partial charge in [0.05, 0.1) is 18.1 Å². The molecule has 1 fully saturated rings. The quantitative estimate of drug-likeness (QED) is 0.337. The fourth-order valence-electron chi connectivity index (χ4n) is 5.13. The van der Waals surface area contributed by atoms with Gasteiger partial charge in [-0.3, -0.25) is 4.98 Å². The molecule has 206 valence electrons. The highest BCUT2D eigenvalue weighted by molar-refractivity contribution is 5.89. The molecule has 1 unspecified atom stereocenters. The van der Waals surface area contributed by atoms with Crippen LogP contribution in [0.2, 0.25) is 0 Å². The summed E-state index contributed by atoms with van der Waals surface area (Å²) >= 11 is 0. The van der Waals surface area contributed by atoms with Crippen LogP contribution in [0.1, 0.15) is 46.1 Å². The van der Waals surface area contributed by atoms with Gasteiger partial charge < -0.3 is 19.7 Å². The lowest BCUT2D eigenvalue weighted by Gasteiger charge is -2.33. The highest BCUT2D eigenvalue weighted by atomic mass is 16.6. The Bertz CT molecular complexity index is 1560. The molecule has 0 saturated carbocycles. The number of anilines is 1. The molecule has 9 nitrogen and oxygen atoms in total. The first-order valence-electron chi connectivity index (χ1n) is 13.8. The predicted octanol–water partition coefficient (Wildman–Crippen LogP) is 6.06. The van der Waals surface area contributed by atoms with Gasteiger partial charge >= 0.3 is 6.09 Å². The zero-order valence-electron chi connectivity index (χ0n) is 23.3. The molecule has 0 spiro atoms. The fraction of sp³-hybridized carbons (Fsp3) is 0.355. The molecule has 4 aromatic rings. The number of rotatable bonds is 4. The van der Waals surface area contributed by atoms with Crippen LogP contribution in [-0.2, 0) is 4.74 Å². The number of pyridine rings is 1. The summed E-state index contributed by atoms with van der Waals surface area (Å²) in [6.45, 7) is 8.99. The van der Waals surface area contributed by atoms with Crippen molar-refractivity contribution >= 4 is 23.5 Å². The van der Waals surface area contributed by atoms with E-state index in [0.717, 1.165) is 52.1 Å². The van der Waals surface area contributed by atoms with Crippen LogP contribution < -0.4 is 10.1 Å². The number of amides is 1. The average Bonchev–Trinajstić information content (AvgIpc) is 3.35. The summed E-state index contributed by atoms with van der Waals surface area (Å²) in [5.41, 5.74) is 6.30. The van der Waals surface area contributed by atoms with E-state index in [-0.39, 0.29) is 12.2 Å². The average molecular weight is 539 g/mol. The number of ether oxygens (including phenoxy) is 2. The smallest absolute Gasteiger partial charge is 0.410 e. The summed E-state index contributed by atoms with van der Waals surface area (Å²) in [5.74, 6) is 0.708. The molecule has 1 saturated heterocycles. The van der Waals surface area contributed by atoms with Crippen molar-refractivity contribution in [3.63, 3.8) is 0 Å². The molecule has 2 aliphatic rings. The summed E-state index contributed by atoms with van der Waals surface area (Å²) in [6, 6.07) is 10.4. The molecule has 0 aliphatic carbocycles. The fourth-order valence-corrected chi connectivity index (χ4v) is 5.13. The number of carbonyl (C=O) groups excluding carboxylic acids is 1. The molecule has 40 heavy (non-hydrogen) atoms.